The predicted octanol–water partition coefficient (Wildman–Crippen LogP) is 3.47. The molecule has 2 rings (SSSR count). The van der Waals surface area contributed by atoms with Gasteiger partial charge >= 0.3 is 0 Å². The van der Waals surface area contributed by atoms with Crippen molar-refractivity contribution in [3.63, 3.8) is 0 Å². The quantitative estimate of drug-likeness (QED) is 0.380. The van der Waals surface area contributed by atoms with Crippen molar-refractivity contribution in [3.05, 3.63) is 59.9 Å². The van der Waals surface area contributed by atoms with E-state index in [1.54, 1.807) is 13.2 Å². The molecule has 1 aromatic carbocycles. The van der Waals surface area contributed by atoms with Crippen molar-refractivity contribution in [2.24, 2.45) is 4.99 Å². The average Bonchev–Trinajstić information content (AvgIpc) is 2.69. The van der Waals surface area contributed by atoms with Crippen LogP contribution in [0.2, 0.25) is 0 Å². The molecule has 0 aliphatic carbocycles. The Hall–Kier alpha value is -2.21. The maximum absolute atomic E-state index is 5.83. The van der Waals surface area contributed by atoms with E-state index in [4.69, 9.17) is 4.74 Å². The molecule has 0 atom stereocenters. The number of guanidine groups is 1. The number of aromatic nitrogens is 1. The largest absolute Gasteiger partial charge is 0.487 e. The monoisotopic (exact) mass is 372 g/mol. The third-order valence-electron chi connectivity index (χ3n) is 3.76. The number of thioether (sulfide) groups is 1. The number of ether oxygens (including phenoxy) is 1. The van der Waals surface area contributed by atoms with Gasteiger partial charge in [-0.05, 0) is 54.7 Å². The van der Waals surface area contributed by atoms with E-state index in [0.717, 1.165) is 35.9 Å². The van der Waals surface area contributed by atoms with Crippen LogP contribution in [0.15, 0.2) is 53.7 Å². The Morgan fingerprint density at radius 2 is 2.08 bits per heavy atom. The lowest BCUT2D eigenvalue weighted by atomic mass is 10.2. The van der Waals surface area contributed by atoms with Gasteiger partial charge in [-0.15, -0.1) is 0 Å². The summed E-state index contributed by atoms with van der Waals surface area (Å²) in [5, 5.41) is 6.69. The molecule has 0 saturated carbocycles. The summed E-state index contributed by atoms with van der Waals surface area (Å²) in [4.78, 5) is 8.54. The molecule has 0 aliphatic heterocycles. The van der Waals surface area contributed by atoms with E-state index >= 15 is 0 Å². The minimum atomic E-state index is 0.469. The zero-order valence-corrected chi connectivity index (χ0v) is 16.4. The van der Waals surface area contributed by atoms with Gasteiger partial charge in [0, 0.05) is 26.3 Å². The standard InChI is InChI=1S/C20H28N4OS/c1-21-20(23-12-5-6-13-26-2)24-15-17-8-7-10-19(14-17)25-16-18-9-3-4-11-22-18/h3-4,7-11,14H,5-6,12-13,15-16H2,1-2H3,(H2,21,23,24). The van der Waals surface area contributed by atoms with Crippen LogP contribution in [0.25, 0.3) is 0 Å². The van der Waals surface area contributed by atoms with E-state index in [1.165, 1.54) is 12.2 Å². The Balaban J connectivity index is 1.76. The molecule has 1 aromatic heterocycles. The number of nitrogens with one attached hydrogen (secondary N) is 2. The van der Waals surface area contributed by atoms with E-state index in [1.807, 2.05) is 48.2 Å². The average molecular weight is 373 g/mol. The van der Waals surface area contributed by atoms with Crippen LogP contribution < -0.4 is 15.4 Å². The van der Waals surface area contributed by atoms with Crippen LogP contribution in [0.5, 0.6) is 5.75 Å². The molecule has 2 N–H and O–H groups in total. The molecule has 0 fully saturated rings. The van der Waals surface area contributed by atoms with Gasteiger partial charge in [0.1, 0.15) is 12.4 Å². The molecule has 0 aliphatic rings. The highest BCUT2D eigenvalue weighted by molar-refractivity contribution is 7.98. The first-order chi connectivity index (χ1) is 12.8. The second-order valence-electron chi connectivity index (χ2n) is 5.81. The summed E-state index contributed by atoms with van der Waals surface area (Å²) in [5.41, 5.74) is 2.07. The van der Waals surface area contributed by atoms with Crippen LogP contribution in [0, 0.1) is 0 Å². The highest BCUT2D eigenvalue weighted by atomic mass is 32.2. The maximum atomic E-state index is 5.83. The lowest BCUT2D eigenvalue weighted by Crippen LogP contribution is -2.37. The van der Waals surface area contributed by atoms with Crippen molar-refractivity contribution in [1.29, 1.82) is 0 Å². The van der Waals surface area contributed by atoms with Gasteiger partial charge in [-0.1, -0.05) is 18.2 Å². The second-order valence-corrected chi connectivity index (χ2v) is 6.80. The van der Waals surface area contributed by atoms with E-state index in [2.05, 4.69) is 32.9 Å². The number of pyridine rings is 1. The van der Waals surface area contributed by atoms with Gasteiger partial charge in [-0.2, -0.15) is 11.8 Å². The third-order valence-corrected chi connectivity index (χ3v) is 4.46. The van der Waals surface area contributed by atoms with E-state index < -0.39 is 0 Å². The first-order valence-corrected chi connectivity index (χ1v) is 10.3. The van der Waals surface area contributed by atoms with Crippen LogP contribution in [0.1, 0.15) is 24.1 Å². The smallest absolute Gasteiger partial charge is 0.191 e. The van der Waals surface area contributed by atoms with Crippen LogP contribution in [-0.4, -0.2) is 36.5 Å². The zero-order valence-electron chi connectivity index (χ0n) is 15.6. The van der Waals surface area contributed by atoms with Crippen LogP contribution in [-0.2, 0) is 13.2 Å². The maximum Gasteiger partial charge on any atom is 0.191 e. The summed E-state index contributed by atoms with van der Waals surface area (Å²) in [6.07, 6.45) is 6.29. The molecule has 1 heterocycles. The molecule has 26 heavy (non-hydrogen) atoms. The first kappa shape index (κ1) is 20.1. The van der Waals surface area contributed by atoms with Crippen molar-refractivity contribution in [2.45, 2.75) is 26.0 Å². The molecule has 0 saturated heterocycles. The summed E-state index contributed by atoms with van der Waals surface area (Å²) in [5.74, 6) is 2.88. The summed E-state index contributed by atoms with van der Waals surface area (Å²) in [7, 11) is 1.80. The third kappa shape index (κ3) is 7.78. The van der Waals surface area contributed by atoms with Gasteiger partial charge in [-0.3, -0.25) is 9.98 Å². The molecule has 140 valence electrons. The molecule has 0 radical (unpaired) electrons. The number of nitrogens with zero attached hydrogens (tertiary/aromatic N) is 2. The SMILES string of the molecule is CN=C(NCCCCSC)NCc1cccc(OCc2ccccn2)c1. The lowest BCUT2D eigenvalue weighted by Gasteiger charge is -2.12. The van der Waals surface area contributed by atoms with Gasteiger partial charge in [0.15, 0.2) is 5.96 Å². The molecule has 0 spiro atoms. The van der Waals surface area contributed by atoms with E-state index in [0.29, 0.717) is 13.2 Å². The Bertz CT molecular complexity index is 664. The normalized spacial score (nSPS) is 11.2. The van der Waals surface area contributed by atoms with Gasteiger partial charge in [0.2, 0.25) is 0 Å². The fourth-order valence-corrected chi connectivity index (χ4v) is 2.86. The molecule has 0 amide bonds. The number of benzene rings is 1. The molecule has 5 nitrogen and oxygen atoms in total. The fraction of sp³-hybridized carbons (Fsp3) is 0.400. The van der Waals surface area contributed by atoms with Crippen LogP contribution >= 0.6 is 11.8 Å². The molecule has 6 heteroatoms. The number of aliphatic imine (C=N–C) groups is 1. The van der Waals surface area contributed by atoms with Crippen molar-refractivity contribution < 1.29 is 4.74 Å². The van der Waals surface area contributed by atoms with Crippen molar-refractivity contribution in [2.75, 3.05) is 25.6 Å². The van der Waals surface area contributed by atoms with Gasteiger partial charge in [0.25, 0.3) is 0 Å². The predicted molar refractivity (Wildman–Crippen MR) is 111 cm³/mol. The van der Waals surface area contributed by atoms with Gasteiger partial charge in [-0.25, -0.2) is 0 Å². The molecule has 0 unspecified atom stereocenters. The molecular weight excluding hydrogens is 344 g/mol. The van der Waals surface area contributed by atoms with Crippen LogP contribution in [0.3, 0.4) is 0 Å². The second kappa shape index (κ2) is 12.2. The minimum absolute atomic E-state index is 0.469. The highest BCUT2D eigenvalue weighted by Gasteiger charge is 2.01. The first-order valence-electron chi connectivity index (χ1n) is 8.87. The molecule has 2 aromatic rings. The summed E-state index contributed by atoms with van der Waals surface area (Å²) >= 11 is 1.89. The number of unbranched alkanes of at least 4 members (excludes halogenated alkanes) is 1. The summed E-state index contributed by atoms with van der Waals surface area (Å²) in [6, 6.07) is 13.9. The van der Waals surface area contributed by atoms with Gasteiger partial charge in [0.05, 0.1) is 5.69 Å². The number of rotatable bonds is 10. The Morgan fingerprint density at radius 3 is 2.85 bits per heavy atom. The fourth-order valence-electron chi connectivity index (χ4n) is 2.37. The Kier molecular flexibility index (Phi) is 9.43. The molecule has 0 bridgehead atoms. The number of hydrogen-bond acceptors (Lipinski definition) is 4. The minimum Gasteiger partial charge on any atom is -0.487 e. The Morgan fingerprint density at radius 1 is 1.15 bits per heavy atom. The highest BCUT2D eigenvalue weighted by Crippen LogP contribution is 2.14. The van der Waals surface area contributed by atoms with Crippen molar-refractivity contribution in [3.8, 4) is 5.75 Å². The Labute approximate surface area is 160 Å². The molecular formula is C20H28N4OS. The van der Waals surface area contributed by atoms with E-state index in [-0.39, 0.29) is 0 Å². The van der Waals surface area contributed by atoms with Crippen LogP contribution in [0.4, 0.5) is 0 Å². The summed E-state index contributed by atoms with van der Waals surface area (Å²) < 4.78 is 5.83. The number of hydrogen-bond donors (Lipinski definition) is 2. The van der Waals surface area contributed by atoms with Crippen molar-refractivity contribution >= 4 is 17.7 Å². The van der Waals surface area contributed by atoms with Gasteiger partial charge < -0.3 is 15.4 Å². The van der Waals surface area contributed by atoms with E-state index in [9.17, 15) is 0 Å². The summed E-state index contributed by atoms with van der Waals surface area (Å²) in [6.45, 7) is 2.11. The lowest BCUT2D eigenvalue weighted by molar-refractivity contribution is 0.301. The topological polar surface area (TPSA) is 58.5 Å². The zero-order chi connectivity index (χ0) is 18.5. The van der Waals surface area contributed by atoms with Crippen molar-refractivity contribution in [1.82, 2.24) is 15.6 Å².